The number of rotatable bonds is 10. The monoisotopic (exact) mass is 411 g/mol. The third-order valence-corrected chi connectivity index (χ3v) is 4.02. The first-order valence-electron chi connectivity index (χ1n) is 9.36. The summed E-state index contributed by atoms with van der Waals surface area (Å²) in [7, 11) is 0. The van der Waals surface area contributed by atoms with Crippen LogP contribution in [0.2, 0.25) is 0 Å². The lowest BCUT2D eigenvalue weighted by atomic mass is 10.0. The third-order valence-electron chi connectivity index (χ3n) is 4.02. The molecule has 8 heteroatoms. The number of urea groups is 1. The van der Waals surface area contributed by atoms with E-state index in [1.165, 1.54) is 13.0 Å². The van der Waals surface area contributed by atoms with Gasteiger partial charge in [0.25, 0.3) is 5.91 Å². The molecule has 0 radical (unpaired) electrons. The number of hydrogen-bond donors (Lipinski definition) is 3. The van der Waals surface area contributed by atoms with Crippen LogP contribution in [0, 0.1) is 0 Å². The number of carbonyl (C=O) groups is 3. The van der Waals surface area contributed by atoms with Crippen LogP contribution in [0.4, 0.5) is 4.79 Å². The number of para-hydroxylation sites is 1. The molecule has 0 bridgehead atoms. The van der Waals surface area contributed by atoms with Crippen LogP contribution in [0.5, 0.6) is 11.5 Å². The fourth-order valence-electron chi connectivity index (χ4n) is 2.63. The number of carbonyl (C=O) groups excluding carboxylic acids is 3. The van der Waals surface area contributed by atoms with Gasteiger partial charge in [-0.1, -0.05) is 36.4 Å². The van der Waals surface area contributed by atoms with Gasteiger partial charge in [-0.15, -0.1) is 6.58 Å². The van der Waals surface area contributed by atoms with Gasteiger partial charge in [0, 0.05) is 6.54 Å². The molecule has 0 aliphatic carbocycles. The molecule has 0 aliphatic heterocycles. The molecule has 0 saturated carbocycles. The Kier molecular flexibility index (Phi) is 8.43. The van der Waals surface area contributed by atoms with Gasteiger partial charge in [0.1, 0.15) is 11.5 Å². The first kappa shape index (κ1) is 22.5. The molecule has 30 heavy (non-hydrogen) atoms. The predicted octanol–water partition coefficient (Wildman–Crippen LogP) is 2.81. The summed E-state index contributed by atoms with van der Waals surface area (Å²) in [5.74, 6) is 0.0682. The second-order valence-corrected chi connectivity index (χ2v) is 6.42. The second-order valence-electron chi connectivity index (χ2n) is 6.42. The molecule has 2 rings (SSSR count). The highest BCUT2D eigenvalue weighted by molar-refractivity contribution is 5.83. The summed E-state index contributed by atoms with van der Waals surface area (Å²) in [6.45, 7) is 5.23. The smallest absolute Gasteiger partial charge is 0.312 e. The number of ether oxygens (including phenoxy) is 2. The predicted molar refractivity (Wildman–Crippen MR) is 112 cm³/mol. The zero-order chi connectivity index (χ0) is 21.9. The minimum Gasteiger partial charge on any atom is -0.457 e. The van der Waals surface area contributed by atoms with Crippen LogP contribution >= 0.6 is 0 Å². The lowest BCUT2D eigenvalue weighted by Gasteiger charge is -2.19. The number of hydrogen-bond acceptors (Lipinski definition) is 5. The van der Waals surface area contributed by atoms with E-state index in [-0.39, 0.29) is 13.0 Å². The van der Waals surface area contributed by atoms with Crippen molar-refractivity contribution in [1.82, 2.24) is 10.6 Å². The third kappa shape index (κ3) is 7.31. The van der Waals surface area contributed by atoms with Crippen LogP contribution in [-0.2, 0) is 14.3 Å². The van der Waals surface area contributed by atoms with Crippen LogP contribution in [0.3, 0.4) is 0 Å². The first-order valence-corrected chi connectivity index (χ1v) is 9.36. The average molecular weight is 411 g/mol. The lowest BCUT2D eigenvalue weighted by molar-refractivity contribution is -0.155. The molecule has 2 atom stereocenters. The first-order chi connectivity index (χ1) is 14.4. The van der Waals surface area contributed by atoms with Crippen molar-refractivity contribution in [2.45, 2.75) is 25.5 Å². The highest BCUT2D eigenvalue weighted by Gasteiger charge is 2.23. The Hall–Kier alpha value is -3.81. The summed E-state index contributed by atoms with van der Waals surface area (Å²) in [6, 6.07) is 14.6. The molecule has 0 unspecified atom stereocenters. The molecule has 0 saturated heterocycles. The van der Waals surface area contributed by atoms with E-state index in [1.807, 2.05) is 30.3 Å². The molecule has 3 amide bonds. The molecule has 0 spiro atoms. The van der Waals surface area contributed by atoms with Crippen LogP contribution in [0.15, 0.2) is 67.3 Å². The zero-order valence-corrected chi connectivity index (χ0v) is 16.7. The van der Waals surface area contributed by atoms with Crippen LogP contribution in [0.25, 0.3) is 0 Å². The summed E-state index contributed by atoms with van der Waals surface area (Å²) in [5, 5.41) is 5.07. The number of esters is 1. The van der Waals surface area contributed by atoms with Gasteiger partial charge >= 0.3 is 12.0 Å². The maximum atomic E-state index is 12.3. The van der Waals surface area contributed by atoms with Crippen LogP contribution < -0.4 is 21.1 Å². The number of primary amides is 1. The topological polar surface area (TPSA) is 120 Å². The summed E-state index contributed by atoms with van der Waals surface area (Å²) in [4.78, 5) is 35.6. The highest BCUT2D eigenvalue weighted by Crippen LogP contribution is 2.26. The van der Waals surface area contributed by atoms with E-state index >= 15 is 0 Å². The van der Waals surface area contributed by atoms with E-state index in [4.69, 9.17) is 15.2 Å². The Morgan fingerprint density at radius 1 is 1.10 bits per heavy atom. The van der Waals surface area contributed by atoms with Crippen molar-refractivity contribution in [3.05, 3.63) is 72.8 Å². The maximum Gasteiger partial charge on any atom is 0.312 e. The van der Waals surface area contributed by atoms with E-state index < -0.39 is 30.1 Å². The van der Waals surface area contributed by atoms with Crippen molar-refractivity contribution >= 4 is 17.9 Å². The maximum absolute atomic E-state index is 12.3. The summed E-state index contributed by atoms with van der Waals surface area (Å²) in [5.41, 5.74) is 5.87. The summed E-state index contributed by atoms with van der Waals surface area (Å²) < 4.78 is 11.0. The van der Waals surface area contributed by atoms with Crippen molar-refractivity contribution < 1.29 is 23.9 Å². The van der Waals surface area contributed by atoms with E-state index in [0.29, 0.717) is 17.1 Å². The van der Waals surface area contributed by atoms with Crippen molar-refractivity contribution in [2.24, 2.45) is 5.73 Å². The Labute approximate surface area is 175 Å². The quantitative estimate of drug-likeness (QED) is 0.410. The van der Waals surface area contributed by atoms with Crippen molar-refractivity contribution in [3.8, 4) is 11.5 Å². The van der Waals surface area contributed by atoms with Crippen LogP contribution in [0.1, 0.15) is 24.9 Å². The minimum absolute atomic E-state index is 0.211. The SMILES string of the molecule is C=CCNC(=O)[C@@H](C)OC(=O)C[C@@H](NC(N)=O)c1cccc(Oc2ccccc2)c1. The molecule has 0 heterocycles. The molecule has 2 aromatic carbocycles. The molecule has 8 nitrogen and oxygen atoms in total. The fourth-order valence-corrected chi connectivity index (χ4v) is 2.63. The number of nitrogens with one attached hydrogen (secondary N) is 2. The molecular formula is C22H25N3O5. The van der Waals surface area contributed by atoms with Crippen molar-refractivity contribution in [2.75, 3.05) is 6.54 Å². The Balaban J connectivity index is 2.08. The lowest BCUT2D eigenvalue weighted by Crippen LogP contribution is -2.38. The molecule has 0 aliphatic rings. The van der Waals surface area contributed by atoms with Gasteiger partial charge in [-0.05, 0) is 36.8 Å². The number of amides is 3. The molecule has 2 aromatic rings. The molecule has 0 aromatic heterocycles. The summed E-state index contributed by atoms with van der Waals surface area (Å²) in [6.07, 6.45) is 0.319. The Morgan fingerprint density at radius 2 is 1.80 bits per heavy atom. The van der Waals surface area contributed by atoms with Crippen molar-refractivity contribution in [3.63, 3.8) is 0 Å². The number of benzene rings is 2. The zero-order valence-electron chi connectivity index (χ0n) is 16.7. The molecular weight excluding hydrogens is 386 g/mol. The van der Waals surface area contributed by atoms with Gasteiger partial charge in [-0.25, -0.2) is 4.79 Å². The van der Waals surface area contributed by atoms with Crippen molar-refractivity contribution in [1.29, 1.82) is 0 Å². The molecule has 4 N–H and O–H groups in total. The normalized spacial score (nSPS) is 12.2. The standard InChI is InChI=1S/C22H25N3O5/c1-3-12-24-21(27)15(2)29-20(26)14-19(25-22(23)28)16-8-7-11-18(13-16)30-17-9-5-4-6-10-17/h3-11,13,15,19H,1,12,14H2,2H3,(H,24,27)(H3,23,25,28)/t15-,19-/m1/s1. The van der Waals surface area contributed by atoms with E-state index in [0.717, 1.165) is 0 Å². The fraction of sp³-hybridized carbons (Fsp3) is 0.227. The highest BCUT2D eigenvalue weighted by atomic mass is 16.5. The van der Waals surface area contributed by atoms with Gasteiger partial charge in [0.15, 0.2) is 6.10 Å². The second kappa shape index (κ2) is 11.3. The van der Waals surface area contributed by atoms with E-state index in [1.54, 1.807) is 24.3 Å². The Morgan fingerprint density at radius 3 is 2.47 bits per heavy atom. The van der Waals surface area contributed by atoms with Crippen LogP contribution in [-0.4, -0.2) is 30.6 Å². The van der Waals surface area contributed by atoms with E-state index in [2.05, 4.69) is 17.2 Å². The molecule has 158 valence electrons. The average Bonchev–Trinajstić information content (AvgIpc) is 2.72. The number of nitrogens with two attached hydrogens (primary N) is 1. The largest absolute Gasteiger partial charge is 0.457 e. The van der Waals surface area contributed by atoms with Gasteiger partial charge in [0.2, 0.25) is 0 Å². The van der Waals surface area contributed by atoms with Gasteiger partial charge < -0.3 is 25.8 Å². The molecule has 0 fully saturated rings. The minimum atomic E-state index is -0.987. The van der Waals surface area contributed by atoms with E-state index in [9.17, 15) is 14.4 Å². The van der Waals surface area contributed by atoms with Gasteiger partial charge in [0.05, 0.1) is 12.5 Å². The van der Waals surface area contributed by atoms with Gasteiger partial charge in [-0.3, -0.25) is 9.59 Å². The summed E-state index contributed by atoms with van der Waals surface area (Å²) >= 11 is 0. The Bertz CT molecular complexity index is 885. The van der Waals surface area contributed by atoms with Gasteiger partial charge in [-0.2, -0.15) is 0 Å².